The van der Waals surface area contributed by atoms with Gasteiger partial charge in [0.05, 0.1) is 29.3 Å². The van der Waals surface area contributed by atoms with Crippen LogP contribution in [0.5, 0.6) is 0 Å². The van der Waals surface area contributed by atoms with Gasteiger partial charge in [0.1, 0.15) is 12.2 Å². The van der Waals surface area contributed by atoms with E-state index >= 15 is 0 Å². The van der Waals surface area contributed by atoms with E-state index in [1.165, 1.54) is 6.07 Å². The molecule has 3 rings (SSSR count). The molecular formula is C19H20ClF2N5O. The maximum absolute atomic E-state index is 13.1. The number of rotatable bonds is 6. The van der Waals surface area contributed by atoms with Crippen molar-refractivity contribution >= 4 is 23.2 Å². The van der Waals surface area contributed by atoms with Crippen LogP contribution in [-0.2, 0) is 17.9 Å². The lowest BCUT2D eigenvalue weighted by Gasteiger charge is -2.09. The van der Waals surface area contributed by atoms with Crippen LogP contribution in [0.2, 0.25) is 5.02 Å². The van der Waals surface area contributed by atoms with Crippen molar-refractivity contribution in [2.45, 2.75) is 40.3 Å². The topological polar surface area (TPSA) is 64.7 Å². The number of alkyl halides is 2. The van der Waals surface area contributed by atoms with Crippen LogP contribution >= 0.6 is 11.6 Å². The summed E-state index contributed by atoms with van der Waals surface area (Å²) < 4.78 is 28.9. The number of anilines is 1. The van der Waals surface area contributed by atoms with Gasteiger partial charge >= 0.3 is 0 Å². The van der Waals surface area contributed by atoms with Gasteiger partial charge < -0.3 is 5.32 Å². The zero-order chi connectivity index (χ0) is 20.4. The molecule has 2 aromatic heterocycles. The standard InChI is InChI=1S/C19H20ClF2N5O/c1-11-8-16(19(21)22)27(24-11)10-17(28)23-18-12(2)25-26(13(18)3)9-14-4-6-15(20)7-5-14/h4-8,19H,9-10H2,1-3H3,(H,23,28). The molecule has 0 fully saturated rings. The molecule has 0 aliphatic heterocycles. The van der Waals surface area contributed by atoms with Crippen LogP contribution in [0.1, 0.15) is 34.8 Å². The molecule has 0 unspecified atom stereocenters. The fraction of sp³-hybridized carbons (Fsp3) is 0.316. The number of hydrogen-bond donors (Lipinski definition) is 1. The van der Waals surface area contributed by atoms with Gasteiger partial charge in [0, 0.05) is 5.02 Å². The highest BCUT2D eigenvalue weighted by atomic mass is 35.5. The number of halogens is 3. The highest BCUT2D eigenvalue weighted by molar-refractivity contribution is 6.30. The predicted molar refractivity (Wildman–Crippen MR) is 103 cm³/mol. The number of hydrogen-bond acceptors (Lipinski definition) is 3. The van der Waals surface area contributed by atoms with Crippen LogP contribution in [0, 0.1) is 20.8 Å². The largest absolute Gasteiger partial charge is 0.321 e. The Bertz CT molecular complexity index is 995. The predicted octanol–water partition coefficient (Wildman–Crippen LogP) is 4.28. The molecule has 1 aromatic carbocycles. The Hall–Kier alpha value is -2.74. The summed E-state index contributed by atoms with van der Waals surface area (Å²) in [6, 6.07) is 8.69. The second kappa shape index (κ2) is 8.10. The number of benzene rings is 1. The Balaban J connectivity index is 1.75. The number of nitrogens with one attached hydrogen (secondary N) is 1. The summed E-state index contributed by atoms with van der Waals surface area (Å²) in [6.45, 7) is 5.45. The molecule has 0 aliphatic carbocycles. The molecule has 3 aromatic rings. The van der Waals surface area contributed by atoms with Crippen LogP contribution in [0.25, 0.3) is 0 Å². The average Bonchev–Trinajstić information content (AvgIpc) is 3.11. The first-order valence-electron chi connectivity index (χ1n) is 8.65. The zero-order valence-electron chi connectivity index (χ0n) is 15.7. The molecule has 0 spiro atoms. The minimum absolute atomic E-state index is 0.278. The third kappa shape index (κ3) is 4.39. The summed E-state index contributed by atoms with van der Waals surface area (Å²) in [5.41, 5.74) is 3.16. The minimum Gasteiger partial charge on any atom is -0.321 e. The van der Waals surface area contributed by atoms with Crippen molar-refractivity contribution in [2.24, 2.45) is 0 Å². The van der Waals surface area contributed by atoms with Crippen LogP contribution in [0.3, 0.4) is 0 Å². The first kappa shape index (κ1) is 20.0. The van der Waals surface area contributed by atoms with Gasteiger partial charge in [-0.15, -0.1) is 0 Å². The van der Waals surface area contributed by atoms with Gasteiger partial charge in [0.15, 0.2) is 0 Å². The summed E-state index contributed by atoms with van der Waals surface area (Å²) in [5.74, 6) is -0.442. The SMILES string of the molecule is Cc1cc(C(F)F)n(CC(=O)Nc2c(C)nn(Cc3ccc(Cl)cc3)c2C)n1. The van der Waals surface area contributed by atoms with Gasteiger partial charge in [-0.05, 0) is 44.5 Å². The maximum Gasteiger partial charge on any atom is 0.280 e. The number of amides is 1. The second-order valence-corrected chi connectivity index (χ2v) is 6.98. The summed E-state index contributed by atoms with van der Waals surface area (Å²) >= 11 is 5.91. The highest BCUT2D eigenvalue weighted by Gasteiger charge is 2.19. The first-order valence-corrected chi connectivity index (χ1v) is 9.03. The average molecular weight is 408 g/mol. The Morgan fingerprint density at radius 3 is 2.46 bits per heavy atom. The summed E-state index contributed by atoms with van der Waals surface area (Å²) in [5, 5.41) is 11.9. The maximum atomic E-state index is 13.1. The van der Waals surface area contributed by atoms with E-state index in [0.29, 0.717) is 28.6 Å². The Labute approximate surface area is 166 Å². The smallest absolute Gasteiger partial charge is 0.280 e. The van der Waals surface area contributed by atoms with Gasteiger partial charge in [0.25, 0.3) is 6.43 Å². The number of carbonyl (C=O) groups excluding carboxylic acids is 1. The normalized spacial score (nSPS) is 11.2. The number of nitrogens with zero attached hydrogens (tertiary/aromatic N) is 4. The Kier molecular flexibility index (Phi) is 5.79. The molecule has 0 saturated heterocycles. The van der Waals surface area contributed by atoms with E-state index in [1.807, 2.05) is 19.1 Å². The highest BCUT2D eigenvalue weighted by Crippen LogP contribution is 2.22. The molecule has 148 valence electrons. The third-order valence-corrected chi connectivity index (χ3v) is 4.59. The lowest BCUT2D eigenvalue weighted by molar-refractivity contribution is -0.117. The van der Waals surface area contributed by atoms with Gasteiger partial charge in [-0.2, -0.15) is 10.2 Å². The van der Waals surface area contributed by atoms with Crippen molar-refractivity contribution < 1.29 is 13.6 Å². The third-order valence-electron chi connectivity index (χ3n) is 4.34. The number of carbonyl (C=O) groups is 1. The van der Waals surface area contributed by atoms with Crippen molar-refractivity contribution in [2.75, 3.05) is 5.32 Å². The molecule has 6 nitrogen and oxygen atoms in total. The summed E-state index contributed by atoms with van der Waals surface area (Å²) in [6.07, 6.45) is -2.69. The van der Waals surface area contributed by atoms with Crippen molar-refractivity contribution in [3.8, 4) is 0 Å². The van der Waals surface area contributed by atoms with Crippen molar-refractivity contribution in [3.63, 3.8) is 0 Å². The van der Waals surface area contributed by atoms with Crippen molar-refractivity contribution in [3.05, 3.63) is 63.7 Å². The molecule has 0 aliphatic rings. The van der Waals surface area contributed by atoms with Crippen molar-refractivity contribution in [1.29, 1.82) is 0 Å². The van der Waals surface area contributed by atoms with Crippen LogP contribution in [-0.4, -0.2) is 25.5 Å². The molecule has 0 saturated carbocycles. The van der Waals surface area contributed by atoms with E-state index in [0.717, 1.165) is 15.9 Å². The van der Waals surface area contributed by atoms with Crippen LogP contribution in [0.15, 0.2) is 30.3 Å². The molecule has 0 atom stereocenters. The van der Waals surface area contributed by atoms with E-state index in [4.69, 9.17) is 11.6 Å². The molecular weight excluding hydrogens is 388 g/mol. The first-order chi connectivity index (χ1) is 13.2. The van der Waals surface area contributed by atoms with E-state index < -0.39 is 12.3 Å². The summed E-state index contributed by atoms with van der Waals surface area (Å²) in [4.78, 5) is 12.4. The number of aromatic nitrogens is 4. The Morgan fingerprint density at radius 2 is 1.82 bits per heavy atom. The lowest BCUT2D eigenvalue weighted by Crippen LogP contribution is -2.21. The van der Waals surface area contributed by atoms with E-state index in [-0.39, 0.29) is 12.2 Å². The van der Waals surface area contributed by atoms with Gasteiger partial charge in [0.2, 0.25) is 5.91 Å². The molecule has 0 bridgehead atoms. The molecule has 0 radical (unpaired) electrons. The van der Waals surface area contributed by atoms with Crippen molar-refractivity contribution in [1.82, 2.24) is 19.6 Å². The molecule has 1 N–H and O–H groups in total. The molecule has 9 heteroatoms. The van der Waals surface area contributed by atoms with Crippen LogP contribution < -0.4 is 5.32 Å². The summed E-state index contributed by atoms with van der Waals surface area (Å²) in [7, 11) is 0. The molecule has 2 heterocycles. The van der Waals surface area contributed by atoms with E-state index in [2.05, 4.69) is 15.5 Å². The van der Waals surface area contributed by atoms with Crippen LogP contribution in [0.4, 0.5) is 14.5 Å². The molecule has 28 heavy (non-hydrogen) atoms. The fourth-order valence-electron chi connectivity index (χ4n) is 2.98. The van der Waals surface area contributed by atoms with Gasteiger partial charge in [-0.25, -0.2) is 8.78 Å². The quantitative estimate of drug-likeness (QED) is 0.663. The van der Waals surface area contributed by atoms with Gasteiger partial charge in [-0.1, -0.05) is 23.7 Å². The van der Waals surface area contributed by atoms with Gasteiger partial charge in [-0.3, -0.25) is 14.2 Å². The zero-order valence-corrected chi connectivity index (χ0v) is 16.5. The monoisotopic (exact) mass is 407 g/mol. The Morgan fingerprint density at radius 1 is 1.14 bits per heavy atom. The fourth-order valence-corrected chi connectivity index (χ4v) is 3.10. The van der Waals surface area contributed by atoms with E-state index in [1.54, 1.807) is 30.7 Å². The number of aryl methyl sites for hydroxylation is 2. The second-order valence-electron chi connectivity index (χ2n) is 6.55. The lowest BCUT2D eigenvalue weighted by atomic mass is 10.2. The minimum atomic E-state index is -2.69. The molecule has 1 amide bonds. The van der Waals surface area contributed by atoms with E-state index in [9.17, 15) is 13.6 Å².